The molecule has 3 saturated carbocycles. The molecule has 0 bridgehead atoms. The summed E-state index contributed by atoms with van der Waals surface area (Å²) in [5.74, 6) is -4.26. The van der Waals surface area contributed by atoms with E-state index < -0.39 is 48.7 Å². The van der Waals surface area contributed by atoms with Crippen molar-refractivity contribution in [1.82, 2.24) is 34.7 Å². The van der Waals surface area contributed by atoms with E-state index in [4.69, 9.17) is 10.7 Å². The van der Waals surface area contributed by atoms with Gasteiger partial charge in [-0.05, 0) is 67.9 Å². The van der Waals surface area contributed by atoms with Crippen LogP contribution in [0.2, 0.25) is 0 Å². The number of carbonyl (C=O) groups excluding carboxylic acids is 2. The number of hydrogen-bond donors (Lipinski definition) is 2. The summed E-state index contributed by atoms with van der Waals surface area (Å²) in [5, 5.41) is 11.8. The van der Waals surface area contributed by atoms with Gasteiger partial charge in [0.05, 0.1) is 36.5 Å². The zero-order valence-electron chi connectivity index (χ0n) is 23.4. The maximum Gasteiger partial charge on any atom is 0.389 e. The van der Waals surface area contributed by atoms with Gasteiger partial charge in [0.15, 0.2) is 11.5 Å². The third-order valence-electron chi connectivity index (χ3n) is 8.63. The number of aromatic nitrogens is 6. The van der Waals surface area contributed by atoms with Gasteiger partial charge in [-0.2, -0.15) is 23.4 Å². The number of nitrogens with zero attached hydrogens (tertiary/aromatic N) is 6. The molecule has 43 heavy (non-hydrogen) atoms. The highest BCUT2D eigenvalue weighted by Crippen LogP contribution is 2.45. The summed E-state index contributed by atoms with van der Waals surface area (Å²) in [6.45, 7) is 0.494. The molecule has 0 unspecified atom stereocenters. The number of alkyl halides is 5. The number of rotatable bonds is 11. The second-order valence-electron chi connectivity index (χ2n) is 12.2. The molecule has 15 heteroatoms. The lowest BCUT2D eigenvalue weighted by atomic mass is 9.77. The van der Waals surface area contributed by atoms with E-state index in [1.807, 2.05) is 0 Å². The van der Waals surface area contributed by atoms with Crippen LogP contribution < -0.4 is 11.1 Å². The molecule has 10 nitrogen and oxygen atoms in total. The number of nitrogens with one attached hydrogen (secondary N) is 1. The third kappa shape index (κ3) is 6.96. The maximum absolute atomic E-state index is 14.1. The van der Waals surface area contributed by atoms with E-state index in [2.05, 4.69) is 20.5 Å². The van der Waals surface area contributed by atoms with E-state index in [1.54, 1.807) is 18.5 Å². The van der Waals surface area contributed by atoms with Crippen LogP contribution in [0.5, 0.6) is 0 Å². The summed E-state index contributed by atoms with van der Waals surface area (Å²) in [4.78, 5) is 33.8. The van der Waals surface area contributed by atoms with Gasteiger partial charge in [-0.1, -0.05) is 0 Å². The van der Waals surface area contributed by atoms with Crippen LogP contribution in [0, 0.1) is 17.8 Å². The lowest BCUT2D eigenvalue weighted by Gasteiger charge is -2.31. The first-order valence-electron chi connectivity index (χ1n) is 14.7. The van der Waals surface area contributed by atoms with Gasteiger partial charge < -0.3 is 11.1 Å². The van der Waals surface area contributed by atoms with Gasteiger partial charge in [-0.25, -0.2) is 27.9 Å². The van der Waals surface area contributed by atoms with Crippen molar-refractivity contribution >= 4 is 17.5 Å². The number of amides is 2. The normalized spacial score (nSPS) is 20.7. The number of hydrogen-bond acceptors (Lipinski definition) is 6. The van der Waals surface area contributed by atoms with Crippen LogP contribution in [-0.2, 0) is 11.3 Å². The molecule has 2 amide bonds. The minimum Gasteiger partial charge on any atom is -0.363 e. The Morgan fingerprint density at radius 2 is 1.79 bits per heavy atom. The monoisotopic (exact) mass is 608 g/mol. The molecule has 3 aliphatic carbocycles. The SMILES string of the molecule is NC(=O)c1nc([C@H](c2cn3ncc([C@H](NC(=O)CCC(F)(F)F)C4CC4)cc3n2)C2CCC(F)(F)CC2)nn1CC1CC1. The molecule has 2 atom stereocenters. The van der Waals surface area contributed by atoms with Crippen molar-refractivity contribution in [1.29, 1.82) is 0 Å². The highest BCUT2D eigenvalue weighted by molar-refractivity contribution is 5.89. The molecule has 3 heterocycles. The molecule has 3 aromatic rings. The fraction of sp³-hybridized carbons (Fsp3) is 0.643. The summed E-state index contributed by atoms with van der Waals surface area (Å²) in [5.41, 5.74) is 7.14. The van der Waals surface area contributed by atoms with Gasteiger partial charge in [0.1, 0.15) is 0 Å². The van der Waals surface area contributed by atoms with E-state index in [0.29, 0.717) is 35.2 Å². The number of imidazole rings is 1. The van der Waals surface area contributed by atoms with Gasteiger partial charge in [0.2, 0.25) is 17.7 Å². The Balaban J connectivity index is 1.31. The topological polar surface area (TPSA) is 133 Å². The summed E-state index contributed by atoms with van der Waals surface area (Å²) in [7, 11) is 0. The first-order valence-corrected chi connectivity index (χ1v) is 14.7. The van der Waals surface area contributed by atoms with Crippen LogP contribution in [-0.4, -0.2) is 53.3 Å². The van der Waals surface area contributed by atoms with Crippen molar-refractivity contribution in [3.05, 3.63) is 41.4 Å². The molecule has 0 aromatic carbocycles. The van der Waals surface area contributed by atoms with E-state index >= 15 is 0 Å². The van der Waals surface area contributed by atoms with Gasteiger partial charge in [0, 0.05) is 25.8 Å². The molecule has 0 radical (unpaired) electrons. The largest absolute Gasteiger partial charge is 0.389 e. The molecular weight excluding hydrogens is 575 g/mol. The summed E-state index contributed by atoms with van der Waals surface area (Å²) in [6, 6.07) is 1.22. The standard InChI is InChI=1S/C28H33F5N8O2/c29-27(30)8-5-16(6-9-27)22(25-38-26(24(34)43)41(39-25)13-15-1-2-15)19-14-40-20(36-19)11-18(12-35-40)23(17-3-4-17)37-21(42)7-10-28(31,32)33/h11-12,14-17,22-23H,1-10,13H2,(H2,34,43)(H,37,42)/t22-,23+/m0/s1. The summed E-state index contributed by atoms with van der Waals surface area (Å²) >= 11 is 0. The lowest BCUT2D eigenvalue weighted by molar-refractivity contribution is -0.144. The van der Waals surface area contributed by atoms with Gasteiger partial charge in [0.25, 0.3) is 5.91 Å². The third-order valence-corrected chi connectivity index (χ3v) is 8.63. The summed E-state index contributed by atoms with van der Waals surface area (Å²) < 4.78 is 69.2. The molecule has 6 rings (SSSR count). The molecular formula is C28H33F5N8O2. The molecule has 3 aromatic heterocycles. The zero-order valence-corrected chi connectivity index (χ0v) is 23.4. The molecule has 3 fully saturated rings. The number of halogens is 5. The highest BCUT2D eigenvalue weighted by atomic mass is 19.4. The van der Waals surface area contributed by atoms with Gasteiger partial charge >= 0.3 is 6.18 Å². The quantitative estimate of drug-likeness (QED) is 0.304. The minimum absolute atomic E-state index is 0.0192. The van der Waals surface area contributed by atoms with Crippen molar-refractivity contribution in [2.24, 2.45) is 23.5 Å². The van der Waals surface area contributed by atoms with E-state index in [0.717, 1.165) is 25.7 Å². The summed E-state index contributed by atoms with van der Waals surface area (Å²) in [6.07, 6.45) is 0.456. The number of fused-ring (bicyclic) bond motifs is 1. The lowest BCUT2D eigenvalue weighted by Crippen LogP contribution is -2.30. The van der Waals surface area contributed by atoms with Crippen LogP contribution in [0.1, 0.15) is 104 Å². The Morgan fingerprint density at radius 1 is 1.07 bits per heavy atom. The van der Waals surface area contributed by atoms with Crippen molar-refractivity contribution in [3.8, 4) is 0 Å². The highest BCUT2D eigenvalue weighted by Gasteiger charge is 2.41. The molecule has 0 spiro atoms. The Morgan fingerprint density at radius 3 is 2.42 bits per heavy atom. The Bertz CT molecular complexity index is 1500. The Kier molecular flexibility index (Phi) is 7.61. The molecule has 0 aliphatic heterocycles. The maximum atomic E-state index is 14.1. The number of carbonyl (C=O) groups is 2. The predicted molar refractivity (Wildman–Crippen MR) is 142 cm³/mol. The number of primary amides is 1. The minimum atomic E-state index is -4.43. The van der Waals surface area contributed by atoms with E-state index in [-0.39, 0.29) is 43.3 Å². The van der Waals surface area contributed by atoms with Crippen molar-refractivity contribution < 1.29 is 31.5 Å². The van der Waals surface area contributed by atoms with E-state index in [1.165, 1.54) is 9.20 Å². The first-order chi connectivity index (χ1) is 20.3. The number of nitrogens with two attached hydrogens (primary N) is 1. The fourth-order valence-corrected chi connectivity index (χ4v) is 5.96. The molecule has 0 saturated heterocycles. The van der Waals surface area contributed by atoms with Crippen LogP contribution in [0.3, 0.4) is 0 Å². The molecule has 3 N–H and O–H groups in total. The van der Waals surface area contributed by atoms with Crippen molar-refractivity contribution in [3.63, 3.8) is 0 Å². The predicted octanol–water partition coefficient (Wildman–Crippen LogP) is 4.70. The average molecular weight is 609 g/mol. The second-order valence-corrected chi connectivity index (χ2v) is 12.2. The van der Waals surface area contributed by atoms with Crippen LogP contribution >= 0.6 is 0 Å². The zero-order chi connectivity index (χ0) is 30.5. The average Bonchev–Trinajstić information content (AvgIpc) is 3.86. The molecule has 232 valence electrons. The van der Waals surface area contributed by atoms with Gasteiger partial charge in [-0.15, -0.1) is 0 Å². The van der Waals surface area contributed by atoms with E-state index in [9.17, 15) is 31.5 Å². The van der Waals surface area contributed by atoms with Crippen LogP contribution in [0.15, 0.2) is 18.5 Å². The second kappa shape index (κ2) is 11.1. The van der Waals surface area contributed by atoms with Gasteiger partial charge in [-0.3, -0.25) is 9.59 Å². The molecule has 3 aliphatic rings. The van der Waals surface area contributed by atoms with Crippen molar-refractivity contribution in [2.75, 3.05) is 0 Å². The fourth-order valence-electron chi connectivity index (χ4n) is 5.96. The van der Waals surface area contributed by atoms with Crippen LogP contribution in [0.4, 0.5) is 22.0 Å². The van der Waals surface area contributed by atoms with Crippen molar-refractivity contribution in [2.45, 2.75) is 94.8 Å². The smallest absolute Gasteiger partial charge is 0.363 e. The Hall–Kier alpha value is -3.65. The first kappa shape index (κ1) is 29.4. The van der Waals surface area contributed by atoms with Crippen LogP contribution in [0.25, 0.3) is 5.65 Å². The Labute approximate surface area is 243 Å².